The molecule has 0 radical (unpaired) electrons. The van der Waals surface area contributed by atoms with Gasteiger partial charge in [0.25, 0.3) is 0 Å². The zero-order chi connectivity index (χ0) is 18.6. The maximum atomic E-state index is 13.9. The molecule has 1 aromatic rings. The van der Waals surface area contributed by atoms with E-state index in [2.05, 4.69) is 20.5 Å². The molecule has 2 heterocycles. The molecule has 0 spiro atoms. The van der Waals surface area contributed by atoms with E-state index in [1.807, 2.05) is 12.1 Å². The second-order valence-corrected chi connectivity index (χ2v) is 7.12. The van der Waals surface area contributed by atoms with Crippen LogP contribution in [0.2, 0.25) is 0 Å². The summed E-state index contributed by atoms with van der Waals surface area (Å²) in [6.07, 6.45) is 3.99. The van der Waals surface area contributed by atoms with Crippen LogP contribution < -0.4 is 15.6 Å². The van der Waals surface area contributed by atoms with Gasteiger partial charge in [-0.15, -0.1) is 0 Å². The van der Waals surface area contributed by atoms with E-state index in [4.69, 9.17) is 11.6 Å². The summed E-state index contributed by atoms with van der Waals surface area (Å²) >= 11 is 6.11. The Bertz CT molecular complexity index is 686. The Balaban J connectivity index is 1.37. The van der Waals surface area contributed by atoms with Gasteiger partial charge in [-0.3, -0.25) is 4.90 Å². The van der Waals surface area contributed by atoms with Crippen LogP contribution in [0.1, 0.15) is 6.42 Å². The number of para-hydroxylation sites is 1. The van der Waals surface area contributed by atoms with Crippen molar-refractivity contribution in [3.05, 3.63) is 58.4 Å². The fraction of sp³-hybridized carbons (Fsp3) is 0.444. The lowest BCUT2D eigenvalue weighted by atomic mass is 10.2. The molecule has 2 N–H and O–H groups in total. The molecule has 26 heavy (non-hydrogen) atoms. The number of benzene rings is 1. The summed E-state index contributed by atoms with van der Waals surface area (Å²) in [5.41, 5.74) is 4.13. The highest BCUT2D eigenvalue weighted by molar-refractivity contribution is 6.31. The van der Waals surface area contributed by atoms with E-state index >= 15 is 0 Å². The highest BCUT2D eigenvalue weighted by Crippen LogP contribution is 2.20. The Morgan fingerprint density at radius 2 is 2.00 bits per heavy atom. The van der Waals surface area contributed by atoms with E-state index in [9.17, 15) is 9.60 Å². The molecule has 2 aliphatic rings. The first-order valence-electron chi connectivity index (χ1n) is 8.84. The first-order chi connectivity index (χ1) is 12.4. The largest absolute Gasteiger partial charge is 0.602 e. The minimum atomic E-state index is -0.712. The van der Waals surface area contributed by atoms with Gasteiger partial charge in [-0.1, -0.05) is 23.7 Å². The Kier molecular flexibility index (Phi) is 6.03. The van der Waals surface area contributed by atoms with Crippen LogP contribution in [-0.4, -0.2) is 56.0 Å². The predicted octanol–water partition coefficient (Wildman–Crippen LogP) is 2.31. The maximum absolute atomic E-state index is 13.9. The fourth-order valence-electron chi connectivity index (χ4n) is 3.17. The van der Waals surface area contributed by atoms with Crippen molar-refractivity contribution in [1.29, 1.82) is 0 Å². The van der Waals surface area contributed by atoms with Crippen LogP contribution in [0.25, 0.3) is 0 Å². The molecular formula is C18H25ClFN5O. The molecule has 0 aromatic heterocycles. The van der Waals surface area contributed by atoms with Crippen molar-refractivity contribution < 1.29 is 9.15 Å². The quantitative estimate of drug-likeness (QED) is 0.450. The van der Waals surface area contributed by atoms with Gasteiger partial charge in [0, 0.05) is 32.7 Å². The van der Waals surface area contributed by atoms with Gasteiger partial charge < -0.3 is 15.4 Å². The van der Waals surface area contributed by atoms with E-state index in [-0.39, 0.29) is 5.82 Å². The van der Waals surface area contributed by atoms with Crippen LogP contribution >= 0.6 is 11.6 Å². The molecule has 1 saturated heterocycles. The first kappa shape index (κ1) is 19.0. The smallest absolute Gasteiger partial charge is 0.146 e. The lowest BCUT2D eigenvalue weighted by Crippen LogP contribution is -2.47. The van der Waals surface area contributed by atoms with Crippen LogP contribution in [0.3, 0.4) is 0 Å². The van der Waals surface area contributed by atoms with Crippen molar-refractivity contribution in [1.82, 2.24) is 15.6 Å². The number of rotatable bonds is 6. The van der Waals surface area contributed by atoms with Crippen LogP contribution in [-0.2, 0) is 0 Å². The van der Waals surface area contributed by atoms with E-state index in [0.717, 1.165) is 51.4 Å². The first-order valence-corrected chi connectivity index (χ1v) is 9.22. The molecule has 0 amide bonds. The van der Waals surface area contributed by atoms with Crippen molar-refractivity contribution in [2.75, 3.05) is 51.2 Å². The Hall–Kier alpha value is -1.80. The third-order valence-electron chi connectivity index (χ3n) is 4.61. The molecular weight excluding hydrogens is 357 g/mol. The Morgan fingerprint density at radius 3 is 2.69 bits per heavy atom. The summed E-state index contributed by atoms with van der Waals surface area (Å²) in [6.45, 7) is 5.25. The van der Waals surface area contributed by atoms with Crippen molar-refractivity contribution in [3.8, 4) is 0 Å². The van der Waals surface area contributed by atoms with E-state index in [1.54, 1.807) is 12.3 Å². The summed E-state index contributed by atoms with van der Waals surface area (Å²) in [5.74, 6) is -0.155. The van der Waals surface area contributed by atoms with Gasteiger partial charge in [0.2, 0.25) is 0 Å². The molecule has 1 unspecified atom stereocenters. The van der Waals surface area contributed by atoms with E-state index < -0.39 is 4.76 Å². The molecule has 8 heteroatoms. The van der Waals surface area contributed by atoms with Crippen LogP contribution in [0.5, 0.6) is 0 Å². The molecule has 3 rings (SSSR count). The topological polar surface area (TPSA) is 53.6 Å². The van der Waals surface area contributed by atoms with Crippen LogP contribution in [0.15, 0.2) is 47.4 Å². The monoisotopic (exact) mass is 381 g/mol. The summed E-state index contributed by atoms with van der Waals surface area (Å²) in [4.78, 5) is 4.49. The summed E-state index contributed by atoms with van der Waals surface area (Å²) in [6, 6.07) is 6.94. The molecule has 1 atom stereocenters. The zero-order valence-electron chi connectivity index (χ0n) is 14.9. The number of nitrogens with one attached hydrogen (secondary N) is 2. The number of allylic oxidation sites excluding steroid dienone is 1. The number of nitrogens with zero attached hydrogens (tertiary/aromatic N) is 3. The van der Waals surface area contributed by atoms with Gasteiger partial charge >= 0.3 is 0 Å². The van der Waals surface area contributed by atoms with Crippen LogP contribution in [0, 0.1) is 11.0 Å². The van der Waals surface area contributed by atoms with Gasteiger partial charge in [-0.25, -0.2) is 14.6 Å². The van der Waals surface area contributed by atoms with Gasteiger partial charge in [-0.05, 0) is 25.1 Å². The average Bonchev–Trinajstić information content (AvgIpc) is 2.61. The Labute approximate surface area is 158 Å². The van der Waals surface area contributed by atoms with Gasteiger partial charge in [0.1, 0.15) is 17.0 Å². The summed E-state index contributed by atoms with van der Waals surface area (Å²) in [7, 11) is 1.47. The second-order valence-electron chi connectivity index (χ2n) is 6.71. The lowest BCUT2D eigenvalue weighted by Gasteiger charge is -2.36. The van der Waals surface area contributed by atoms with Crippen molar-refractivity contribution in [2.45, 2.75) is 6.42 Å². The number of halogens is 2. The molecule has 1 aromatic carbocycles. The molecule has 2 aliphatic heterocycles. The third kappa shape index (κ3) is 4.88. The zero-order valence-corrected chi connectivity index (χ0v) is 15.7. The fourth-order valence-corrected chi connectivity index (χ4v) is 3.47. The molecule has 6 nitrogen and oxygen atoms in total. The molecule has 1 fully saturated rings. The number of anilines is 1. The number of hydroxylamine groups is 2. The van der Waals surface area contributed by atoms with Crippen molar-refractivity contribution in [2.24, 2.45) is 0 Å². The van der Waals surface area contributed by atoms with E-state index in [1.165, 1.54) is 19.3 Å². The van der Waals surface area contributed by atoms with Gasteiger partial charge in [0.15, 0.2) is 0 Å². The van der Waals surface area contributed by atoms with Crippen molar-refractivity contribution in [3.63, 3.8) is 0 Å². The van der Waals surface area contributed by atoms with Gasteiger partial charge in [-0.2, -0.15) is 0 Å². The minimum absolute atomic E-state index is 0.155. The Morgan fingerprint density at radius 1 is 1.27 bits per heavy atom. The SMILES string of the molecule is C[N+]1([O-])C=C(Cl)C(NCCCN2CCN(c3ccccc3F)CC2)=CN1. The number of piperazine rings is 1. The molecule has 0 bridgehead atoms. The average molecular weight is 382 g/mol. The molecule has 142 valence electrons. The summed E-state index contributed by atoms with van der Waals surface area (Å²) in [5, 5.41) is 15.4. The number of quaternary nitrogens is 1. The highest BCUT2D eigenvalue weighted by atomic mass is 35.5. The minimum Gasteiger partial charge on any atom is -0.602 e. The van der Waals surface area contributed by atoms with Crippen LogP contribution in [0.4, 0.5) is 10.1 Å². The molecule has 0 aliphatic carbocycles. The number of hydrogen-bond donors (Lipinski definition) is 2. The van der Waals surface area contributed by atoms with E-state index in [0.29, 0.717) is 10.7 Å². The third-order valence-corrected chi connectivity index (χ3v) is 4.92. The second kappa shape index (κ2) is 8.26. The lowest BCUT2D eigenvalue weighted by molar-refractivity contribution is -0.850. The maximum Gasteiger partial charge on any atom is 0.146 e. The summed E-state index contributed by atoms with van der Waals surface area (Å²) < 4.78 is 13.2. The molecule has 0 saturated carbocycles. The van der Waals surface area contributed by atoms with Gasteiger partial charge in [0.05, 0.1) is 24.6 Å². The normalized spacial score (nSPS) is 23.9. The van der Waals surface area contributed by atoms with Crippen molar-refractivity contribution >= 4 is 17.3 Å². The highest BCUT2D eigenvalue weighted by Gasteiger charge is 2.19. The predicted molar refractivity (Wildman–Crippen MR) is 102 cm³/mol. The standard InChI is InChI=1S/C18H25ClFN5O/c1-25(26)14-15(19)17(13-22-25)21-7-4-8-23-9-11-24(12-10-23)18-6-3-2-5-16(18)20/h2-3,5-6,13-14,21-22H,4,7-12H2,1H3. The number of hydrogen-bond acceptors (Lipinski definition) is 5.